The molecule has 0 bridgehead atoms. The van der Waals surface area contributed by atoms with E-state index in [-0.39, 0.29) is 0 Å². The van der Waals surface area contributed by atoms with E-state index in [0.29, 0.717) is 22.9 Å². The molecule has 0 aliphatic rings. The van der Waals surface area contributed by atoms with Crippen LogP contribution in [0, 0.1) is 0 Å². The zero-order valence-corrected chi connectivity index (χ0v) is 12.6. The maximum Gasteiger partial charge on any atom is 0.120 e. The molecule has 0 heterocycles. The Kier molecular flexibility index (Phi) is 4.99. The highest BCUT2D eigenvalue weighted by molar-refractivity contribution is 9.10. The van der Waals surface area contributed by atoms with E-state index in [4.69, 9.17) is 10.5 Å². The summed E-state index contributed by atoms with van der Waals surface area (Å²) >= 11 is 3.37. The van der Waals surface area contributed by atoms with Crippen molar-refractivity contribution < 1.29 is 8.95 Å². The van der Waals surface area contributed by atoms with Crippen LogP contribution < -0.4 is 10.5 Å². The summed E-state index contributed by atoms with van der Waals surface area (Å²) < 4.78 is 18.6. The van der Waals surface area contributed by atoms with Gasteiger partial charge in [-0.25, -0.2) is 0 Å². The normalized spacial score (nSPS) is 12.1. The lowest BCUT2D eigenvalue weighted by molar-refractivity contribution is 0.342. The van der Waals surface area contributed by atoms with Crippen molar-refractivity contribution >= 4 is 32.4 Å². The Morgan fingerprint density at radius 1 is 1.16 bits per heavy atom. The summed E-state index contributed by atoms with van der Waals surface area (Å²) in [6.45, 7) is 0.386. The second-order valence-electron chi connectivity index (χ2n) is 3.89. The van der Waals surface area contributed by atoms with E-state index >= 15 is 0 Å². The minimum Gasteiger partial charge on any atom is -0.493 e. The van der Waals surface area contributed by atoms with Gasteiger partial charge >= 0.3 is 0 Å². The third-order valence-corrected chi connectivity index (χ3v) is 4.39. The van der Waals surface area contributed by atoms with Crippen LogP contribution in [0.3, 0.4) is 0 Å². The number of hydrogen-bond acceptors (Lipinski definition) is 3. The van der Waals surface area contributed by atoms with Crippen LogP contribution in [0.4, 0.5) is 5.69 Å². The standard InChI is InChI=1S/C14H14BrNO2S/c15-11-4-3-5-12(10-11)18-8-9-19(17)14-7-2-1-6-13(14)16/h1-7,10H,8-9,16H2. The molecule has 0 fully saturated rings. The first-order valence-electron chi connectivity index (χ1n) is 5.78. The molecule has 0 aromatic heterocycles. The smallest absolute Gasteiger partial charge is 0.120 e. The van der Waals surface area contributed by atoms with Gasteiger partial charge in [0, 0.05) is 10.2 Å². The molecule has 3 nitrogen and oxygen atoms in total. The van der Waals surface area contributed by atoms with Crippen molar-refractivity contribution in [1.82, 2.24) is 0 Å². The Morgan fingerprint density at radius 2 is 1.95 bits per heavy atom. The van der Waals surface area contributed by atoms with Crippen LogP contribution >= 0.6 is 15.9 Å². The number of rotatable bonds is 5. The van der Waals surface area contributed by atoms with E-state index in [1.807, 2.05) is 36.4 Å². The molecule has 1 unspecified atom stereocenters. The maximum absolute atomic E-state index is 12.1. The van der Waals surface area contributed by atoms with Gasteiger partial charge in [-0.1, -0.05) is 34.1 Å². The minimum atomic E-state index is -1.14. The number of nitrogens with two attached hydrogens (primary N) is 1. The van der Waals surface area contributed by atoms with Gasteiger partial charge in [0.05, 0.1) is 21.4 Å². The predicted molar refractivity (Wildman–Crippen MR) is 81.8 cm³/mol. The molecule has 2 aromatic rings. The van der Waals surface area contributed by atoms with Crippen molar-refractivity contribution in [2.45, 2.75) is 4.90 Å². The molecular weight excluding hydrogens is 326 g/mol. The molecule has 0 saturated carbocycles. The topological polar surface area (TPSA) is 52.3 Å². The first-order chi connectivity index (χ1) is 9.16. The molecule has 19 heavy (non-hydrogen) atoms. The monoisotopic (exact) mass is 339 g/mol. The molecule has 100 valence electrons. The number of ether oxygens (including phenoxy) is 1. The Balaban J connectivity index is 1.90. The first-order valence-corrected chi connectivity index (χ1v) is 7.89. The van der Waals surface area contributed by atoms with Crippen LogP contribution in [-0.4, -0.2) is 16.6 Å². The fourth-order valence-electron chi connectivity index (χ4n) is 1.59. The summed E-state index contributed by atoms with van der Waals surface area (Å²) in [5, 5.41) is 0. The van der Waals surface area contributed by atoms with Gasteiger partial charge in [-0.15, -0.1) is 0 Å². The van der Waals surface area contributed by atoms with E-state index in [1.54, 1.807) is 12.1 Å². The highest BCUT2D eigenvalue weighted by Gasteiger charge is 2.07. The van der Waals surface area contributed by atoms with Gasteiger partial charge in [-0.2, -0.15) is 0 Å². The molecule has 0 radical (unpaired) electrons. The van der Waals surface area contributed by atoms with E-state index < -0.39 is 10.8 Å². The quantitative estimate of drug-likeness (QED) is 0.851. The molecule has 0 aliphatic carbocycles. The molecular formula is C14H14BrNO2S. The first kappa shape index (κ1) is 14.1. The van der Waals surface area contributed by atoms with Crippen LogP contribution in [0.2, 0.25) is 0 Å². The largest absolute Gasteiger partial charge is 0.493 e. The van der Waals surface area contributed by atoms with Crippen molar-refractivity contribution in [2.24, 2.45) is 0 Å². The van der Waals surface area contributed by atoms with Crippen LogP contribution in [0.25, 0.3) is 0 Å². The lowest BCUT2D eigenvalue weighted by Gasteiger charge is -2.08. The highest BCUT2D eigenvalue weighted by Crippen LogP contribution is 2.18. The third kappa shape index (κ3) is 4.08. The zero-order chi connectivity index (χ0) is 13.7. The predicted octanol–water partition coefficient (Wildman–Crippen LogP) is 3.22. The van der Waals surface area contributed by atoms with Gasteiger partial charge < -0.3 is 10.5 Å². The summed E-state index contributed by atoms with van der Waals surface area (Å²) in [5.41, 5.74) is 6.34. The molecule has 0 spiro atoms. The van der Waals surface area contributed by atoms with Crippen LogP contribution in [0.5, 0.6) is 5.75 Å². The van der Waals surface area contributed by atoms with E-state index in [9.17, 15) is 4.21 Å². The fraction of sp³-hybridized carbons (Fsp3) is 0.143. The second-order valence-corrected chi connectivity index (χ2v) is 6.35. The fourth-order valence-corrected chi connectivity index (χ4v) is 2.98. The van der Waals surface area contributed by atoms with Crippen molar-refractivity contribution in [3.63, 3.8) is 0 Å². The van der Waals surface area contributed by atoms with Crippen LogP contribution in [0.1, 0.15) is 0 Å². The molecule has 1 atom stereocenters. The zero-order valence-electron chi connectivity index (χ0n) is 10.2. The van der Waals surface area contributed by atoms with Gasteiger partial charge in [0.2, 0.25) is 0 Å². The van der Waals surface area contributed by atoms with Crippen molar-refractivity contribution in [2.75, 3.05) is 18.1 Å². The van der Waals surface area contributed by atoms with Crippen molar-refractivity contribution in [3.8, 4) is 5.75 Å². The average molecular weight is 340 g/mol. The highest BCUT2D eigenvalue weighted by atomic mass is 79.9. The number of benzene rings is 2. The van der Waals surface area contributed by atoms with Gasteiger partial charge in [0.1, 0.15) is 12.4 Å². The van der Waals surface area contributed by atoms with Crippen LogP contribution in [0.15, 0.2) is 57.9 Å². The maximum atomic E-state index is 12.1. The number of nitrogen functional groups attached to an aromatic ring is 1. The second kappa shape index (κ2) is 6.73. The van der Waals surface area contributed by atoms with Crippen LogP contribution in [-0.2, 0) is 10.8 Å². The summed E-state index contributed by atoms with van der Waals surface area (Å²) in [6.07, 6.45) is 0. The van der Waals surface area contributed by atoms with Gasteiger partial charge in [-0.05, 0) is 30.3 Å². The Hall–Kier alpha value is -1.33. The SMILES string of the molecule is Nc1ccccc1S(=O)CCOc1cccc(Br)c1. The summed E-state index contributed by atoms with van der Waals surface area (Å²) in [5.74, 6) is 1.17. The minimum absolute atomic E-state index is 0.386. The number of para-hydroxylation sites is 1. The Labute approximate surface area is 123 Å². The lowest BCUT2D eigenvalue weighted by atomic mass is 10.3. The number of halogens is 1. The molecule has 5 heteroatoms. The van der Waals surface area contributed by atoms with Gasteiger partial charge in [0.25, 0.3) is 0 Å². The molecule has 0 saturated heterocycles. The summed E-state index contributed by atoms with van der Waals surface area (Å²) in [4.78, 5) is 0.667. The average Bonchev–Trinajstić information content (AvgIpc) is 2.39. The van der Waals surface area contributed by atoms with Crippen molar-refractivity contribution in [3.05, 3.63) is 53.0 Å². The Bertz CT molecular complexity index is 589. The van der Waals surface area contributed by atoms with Gasteiger partial charge in [-0.3, -0.25) is 4.21 Å². The van der Waals surface area contributed by atoms with E-state index in [0.717, 1.165) is 10.2 Å². The molecule has 2 aromatic carbocycles. The van der Waals surface area contributed by atoms with Gasteiger partial charge in [0.15, 0.2) is 0 Å². The lowest BCUT2D eigenvalue weighted by Crippen LogP contribution is -2.10. The van der Waals surface area contributed by atoms with Crippen molar-refractivity contribution in [1.29, 1.82) is 0 Å². The summed E-state index contributed by atoms with van der Waals surface area (Å²) in [6, 6.07) is 14.8. The van der Waals surface area contributed by atoms with E-state index in [2.05, 4.69) is 15.9 Å². The molecule has 2 rings (SSSR count). The number of anilines is 1. The molecule has 0 aliphatic heterocycles. The van der Waals surface area contributed by atoms with E-state index in [1.165, 1.54) is 0 Å². The third-order valence-electron chi connectivity index (χ3n) is 2.50. The molecule has 0 amide bonds. The number of hydrogen-bond donors (Lipinski definition) is 1. The Morgan fingerprint density at radius 3 is 2.68 bits per heavy atom. The molecule has 2 N–H and O–H groups in total. The summed E-state index contributed by atoms with van der Waals surface area (Å²) in [7, 11) is -1.14.